The van der Waals surface area contributed by atoms with Crippen LogP contribution < -0.4 is 0 Å². The molecule has 2 atom stereocenters. The summed E-state index contributed by atoms with van der Waals surface area (Å²) in [5, 5.41) is 9.22. The van der Waals surface area contributed by atoms with Crippen molar-refractivity contribution in [3.8, 4) is 0 Å². The summed E-state index contributed by atoms with van der Waals surface area (Å²) in [4.78, 5) is 1.97. The van der Waals surface area contributed by atoms with E-state index in [0.29, 0.717) is 25.6 Å². The molecule has 1 saturated heterocycles. The summed E-state index contributed by atoms with van der Waals surface area (Å²) in [5.41, 5.74) is 0. The minimum Gasteiger partial charge on any atom is -0.392 e. The Morgan fingerprint density at radius 3 is 2.55 bits per heavy atom. The minimum atomic E-state index is -0.846. The predicted octanol–water partition coefficient (Wildman–Crippen LogP) is 0.800. The van der Waals surface area contributed by atoms with Gasteiger partial charge in [-0.05, 0) is 13.8 Å². The van der Waals surface area contributed by atoms with E-state index in [9.17, 15) is 9.50 Å². The third-order valence-electron chi connectivity index (χ3n) is 2.14. The van der Waals surface area contributed by atoms with Crippen molar-refractivity contribution in [1.29, 1.82) is 0 Å². The molecule has 0 aromatic carbocycles. The van der Waals surface area contributed by atoms with Gasteiger partial charge in [-0.1, -0.05) is 0 Å². The van der Waals surface area contributed by atoms with Crippen LogP contribution >= 0.6 is 0 Å². The molecule has 0 aromatic heterocycles. The third-order valence-corrected chi connectivity index (χ3v) is 2.14. The van der Waals surface area contributed by atoms with Crippen molar-refractivity contribution in [2.45, 2.75) is 38.6 Å². The third kappa shape index (κ3) is 2.42. The van der Waals surface area contributed by atoms with Gasteiger partial charge >= 0.3 is 0 Å². The molecule has 0 aliphatic carbocycles. The zero-order valence-electron chi connectivity index (χ0n) is 7.13. The Hall–Kier alpha value is -0.150. The smallest absolute Gasteiger partial charge is 0.115 e. The van der Waals surface area contributed by atoms with Gasteiger partial charge in [-0.2, -0.15) is 0 Å². The van der Waals surface area contributed by atoms with E-state index in [4.69, 9.17) is 0 Å². The standard InChI is InChI=1S/C8H16FNO/c1-6(2)10-4-7(9)3-8(11)5-10/h6-8,11H,3-5H2,1-2H3. The first-order valence-electron chi connectivity index (χ1n) is 4.15. The predicted molar refractivity (Wildman–Crippen MR) is 42.2 cm³/mol. The molecule has 1 rings (SSSR count). The van der Waals surface area contributed by atoms with Crippen molar-refractivity contribution < 1.29 is 9.50 Å². The molecule has 66 valence electrons. The summed E-state index contributed by atoms with van der Waals surface area (Å²) in [6.07, 6.45) is -1.01. The monoisotopic (exact) mass is 161 g/mol. The van der Waals surface area contributed by atoms with Crippen molar-refractivity contribution in [1.82, 2.24) is 4.90 Å². The van der Waals surface area contributed by atoms with Crippen LogP contribution in [0.5, 0.6) is 0 Å². The van der Waals surface area contributed by atoms with Crippen LogP contribution in [0.3, 0.4) is 0 Å². The number of aliphatic hydroxyl groups excluding tert-OH is 1. The molecule has 11 heavy (non-hydrogen) atoms. The molecule has 1 heterocycles. The van der Waals surface area contributed by atoms with E-state index >= 15 is 0 Å². The normalized spacial score (nSPS) is 34.6. The van der Waals surface area contributed by atoms with Crippen LogP contribution in [0.1, 0.15) is 20.3 Å². The van der Waals surface area contributed by atoms with E-state index in [1.807, 2.05) is 18.7 Å². The van der Waals surface area contributed by atoms with Gasteiger partial charge in [0.1, 0.15) is 6.17 Å². The molecule has 1 aliphatic heterocycles. The Morgan fingerprint density at radius 2 is 2.09 bits per heavy atom. The molecule has 2 nitrogen and oxygen atoms in total. The lowest BCUT2D eigenvalue weighted by Crippen LogP contribution is -2.47. The number of hydrogen-bond donors (Lipinski definition) is 1. The Balaban J connectivity index is 2.43. The second-order valence-corrected chi connectivity index (χ2v) is 3.53. The summed E-state index contributed by atoms with van der Waals surface area (Å²) in [7, 11) is 0. The molecule has 0 bridgehead atoms. The summed E-state index contributed by atoms with van der Waals surface area (Å²) in [6, 6.07) is 0.336. The van der Waals surface area contributed by atoms with Gasteiger partial charge in [0.05, 0.1) is 6.10 Å². The highest BCUT2D eigenvalue weighted by Gasteiger charge is 2.26. The lowest BCUT2D eigenvalue weighted by molar-refractivity contribution is 0.0125. The van der Waals surface area contributed by atoms with E-state index in [0.717, 1.165) is 0 Å². The molecule has 1 fully saturated rings. The summed E-state index contributed by atoms with van der Waals surface area (Å²) in [6.45, 7) is 5.14. The average molecular weight is 161 g/mol. The second kappa shape index (κ2) is 3.50. The number of nitrogens with zero attached hydrogens (tertiary/aromatic N) is 1. The summed E-state index contributed by atoms with van der Waals surface area (Å²) in [5.74, 6) is 0. The summed E-state index contributed by atoms with van der Waals surface area (Å²) >= 11 is 0. The highest BCUT2D eigenvalue weighted by atomic mass is 19.1. The minimum absolute atomic E-state index is 0.309. The number of β-amino-alcohol motifs (C(OH)–C–C–N with tert-alkyl or cyclic N) is 1. The highest BCUT2D eigenvalue weighted by Crippen LogP contribution is 2.15. The van der Waals surface area contributed by atoms with Crippen molar-refractivity contribution in [3.05, 3.63) is 0 Å². The molecule has 1 aliphatic rings. The van der Waals surface area contributed by atoms with Crippen molar-refractivity contribution in [2.24, 2.45) is 0 Å². The number of hydrogen-bond acceptors (Lipinski definition) is 2. The van der Waals surface area contributed by atoms with Crippen LogP contribution in [0.4, 0.5) is 4.39 Å². The van der Waals surface area contributed by atoms with Gasteiger partial charge < -0.3 is 5.11 Å². The van der Waals surface area contributed by atoms with Gasteiger partial charge in [-0.3, -0.25) is 4.90 Å². The molecule has 0 spiro atoms. The molecule has 3 heteroatoms. The fraction of sp³-hybridized carbons (Fsp3) is 1.00. The largest absolute Gasteiger partial charge is 0.392 e. The molecule has 0 aromatic rings. The SMILES string of the molecule is CC(C)N1CC(O)CC(F)C1. The first-order valence-corrected chi connectivity index (χ1v) is 4.15. The van der Waals surface area contributed by atoms with E-state index in [2.05, 4.69) is 0 Å². The quantitative estimate of drug-likeness (QED) is 0.615. The van der Waals surface area contributed by atoms with Gasteiger partial charge in [0.2, 0.25) is 0 Å². The summed E-state index contributed by atoms with van der Waals surface area (Å²) < 4.78 is 12.8. The van der Waals surface area contributed by atoms with E-state index in [1.54, 1.807) is 0 Å². The van der Waals surface area contributed by atoms with Crippen molar-refractivity contribution in [2.75, 3.05) is 13.1 Å². The fourth-order valence-corrected chi connectivity index (χ4v) is 1.47. The number of rotatable bonds is 1. The van der Waals surface area contributed by atoms with Crippen molar-refractivity contribution in [3.63, 3.8) is 0 Å². The first kappa shape index (κ1) is 8.94. The van der Waals surface area contributed by atoms with Gasteiger partial charge in [0.25, 0.3) is 0 Å². The highest BCUT2D eigenvalue weighted by molar-refractivity contribution is 4.79. The molecule has 0 amide bonds. The number of piperidine rings is 1. The van der Waals surface area contributed by atoms with Crippen molar-refractivity contribution >= 4 is 0 Å². The second-order valence-electron chi connectivity index (χ2n) is 3.53. The van der Waals surface area contributed by atoms with Crippen LogP contribution in [0.15, 0.2) is 0 Å². The maximum atomic E-state index is 12.8. The van der Waals surface area contributed by atoms with E-state index < -0.39 is 12.3 Å². The molecule has 0 radical (unpaired) electrons. The average Bonchev–Trinajstić information content (AvgIpc) is 1.85. The van der Waals surface area contributed by atoms with Crippen LogP contribution in [-0.2, 0) is 0 Å². The van der Waals surface area contributed by atoms with Crippen LogP contribution in [0, 0.1) is 0 Å². The molecular formula is C8H16FNO. The van der Waals surface area contributed by atoms with Crippen LogP contribution in [-0.4, -0.2) is 41.4 Å². The topological polar surface area (TPSA) is 23.5 Å². The van der Waals surface area contributed by atoms with E-state index in [-0.39, 0.29) is 0 Å². The Bertz CT molecular complexity index is 119. The Labute approximate surface area is 67.0 Å². The molecule has 1 N–H and O–H groups in total. The number of aliphatic hydroxyl groups is 1. The van der Waals surface area contributed by atoms with Gasteiger partial charge in [0, 0.05) is 25.6 Å². The number of likely N-dealkylation sites (tertiary alicyclic amines) is 1. The zero-order chi connectivity index (χ0) is 8.43. The van der Waals surface area contributed by atoms with Gasteiger partial charge in [-0.15, -0.1) is 0 Å². The lowest BCUT2D eigenvalue weighted by atomic mass is 10.1. The zero-order valence-corrected chi connectivity index (χ0v) is 7.13. The molecule has 0 saturated carbocycles. The fourth-order valence-electron chi connectivity index (χ4n) is 1.47. The lowest BCUT2D eigenvalue weighted by Gasteiger charge is -2.34. The van der Waals surface area contributed by atoms with E-state index in [1.165, 1.54) is 0 Å². The number of halogens is 1. The molecule has 2 unspecified atom stereocenters. The first-order chi connectivity index (χ1) is 5.09. The maximum absolute atomic E-state index is 12.8. The van der Waals surface area contributed by atoms with Crippen LogP contribution in [0.2, 0.25) is 0 Å². The van der Waals surface area contributed by atoms with Crippen LogP contribution in [0.25, 0.3) is 0 Å². The Kier molecular flexibility index (Phi) is 2.84. The maximum Gasteiger partial charge on any atom is 0.115 e. The number of alkyl halides is 1. The molecular weight excluding hydrogens is 145 g/mol. The van der Waals surface area contributed by atoms with Gasteiger partial charge in [0.15, 0.2) is 0 Å². The van der Waals surface area contributed by atoms with Gasteiger partial charge in [-0.25, -0.2) is 4.39 Å². The Morgan fingerprint density at radius 1 is 1.45 bits per heavy atom.